The predicted molar refractivity (Wildman–Crippen MR) is 75.6 cm³/mol. The van der Waals surface area contributed by atoms with Crippen LogP contribution in [-0.4, -0.2) is 60.5 Å². The Labute approximate surface area is 116 Å². The van der Waals surface area contributed by atoms with Crippen molar-refractivity contribution in [1.29, 1.82) is 0 Å². The molecule has 0 unspecified atom stereocenters. The predicted octanol–water partition coefficient (Wildman–Crippen LogP) is 1.02. The number of aliphatic imine (C=N–C) groups is 2. The fourth-order valence-corrected chi connectivity index (χ4v) is 2.48. The molecule has 6 heteroatoms. The van der Waals surface area contributed by atoms with Gasteiger partial charge >= 0.3 is 0 Å². The highest BCUT2D eigenvalue weighted by atomic mass is 35.5. The van der Waals surface area contributed by atoms with E-state index in [4.69, 9.17) is 11.6 Å². The third-order valence-electron chi connectivity index (χ3n) is 3.50. The molecule has 2 aliphatic heterocycles. The number of carbonyl (C=O) groups is 1. The smallest absolute Gasteiger partial charge is 0.291 e. The van der Waals surface area contributed by atoms with Gasteiger partial charge in [0.05, 0.1) is 11.4 Å². The van der Waals surface area contributed by atoms with E-state index < -0.39 is 0 Å². The Morgan fingerprint density at radius 3 is 2.68 bits per heavy atom. The summed E-state index contributed by atoms with van der Waals surface area (Å²) in [5, 5.41) is 0.728. The Morgan fingerprint density at radius 2 is 1.95 bits per heavy atom. The largest absolute Gasteiger partial charge is 0.333 e. The fourth-order valence-electron chi connectivity index (χ4n) is 2.29. The lowest BCUT2D eigenvalue weighted by Gasteiger charge is -2.31. The maximum atomic E-state index is 12.3. The van der Waals surface area contributed by atoms with Crippen molar-refractivity contribution < 1.29 is 4.79 Å². The third kappa shape index (κ3) is 2.48. The quantitative estimate of drug-likeness (QED) is 0.719. The molecule has 0 bridgehead atoms. The molecule has 1 amide bonds. The number of nitrogens with zero attached hydrogens (tertiary/aromatic N) is 4. The summed E-state index contributed by atoms with van der Waals surface area (Å²) in [6.07, 6.45) is 4.19. The molecule has 3 rings (SSSR count). The van der Waals surface area contributed by atoms with E-state index in [-0.39, 0.29) is 5.91 Å². The number of amidine groups is 1. The Kier molecular flexibility index (Phi) is 3.24. The van der Waals surface area contributed by atoms with Gasteiger partial charge < -0.3 is 9.80 Å². The molecule has 1 saturated heterocycles. The fraction of sp³-hybridized carbons (Fsp3) is 0.462. The Balaban J connectivity index is 1.73. The van der Waals surface area contributed by atoms with Crippen LogP contribution in [0.1, 0.15) is 6.42 Å². The summed E-state index contributed by atoms with van der Waals surface area (Å²) in [7, 11) is 2.06. The topological polar surface area (TPSA) is 48.3 Å². The van der Waals surface area contributed by atoms with Crippen molar-refractivity contribution in [2.24, 2.45) is 9.98 Å². The molecule has 3 aliphatic rings. The van der Waals surface area contributed by atoms with Crippen molar-refractivity contribution in [3.63, 3.8) is 0 Å². The van der Waals surface area contributed by atoms with Crippen LogP contribution in [0.4, 0.5) is 0 Å². The number of fused-ring (bicyclic) bond motifs is 1. The standard InChI is InChI=1S/C13H15ClN4O/c1-17-4-6-18(7-5-17)13(19)12-15-10-3-2-9(14)8-11(10)16-12/h2-3H,4-8H2,1H3. The van der Waals surface area contributed by atoms with Crippen molar-refractivity contribution in [2.45, 2.75) is 6.42 Å². The average molecular weight is 279 g/mol. The van der Waals surface area contributed by atoms with Crippen LogP contribution in [0.2, 0.25) is 0 Å². The third-order valence-corrected chi connectivity index (χ3v) is 3.76. The van der Waals surface area contributed by atoms with Crippen LogP contribution in [-0.2, 0) is 4.79 Å². The van der Waals surface area contributed by atoms with Crippen molar-refractivity contribution in [3.05, 3.63) is 22.9 Å². The first kappa shape index (κ1) is 12.6. The molecule has 0 radical (unpaired) electrons. The molecule has 2 heterocycles. The van der Waals surface area contributed by atoms with Crippen LogP contribution in [0.15, 0.2) is 32.9 Å². The zero-order chi connectivity index (χ0) is 13.4. The zero-order valence-corrected chi connectivity index (χ0v) is 11.5. The number of rotatable bonds is 1. The minimum absolute atomic E-state index is 0.0768. The second-order valence-electron chi connectivity index (χ2n) is 4.93. The first-order valence-corrected chi connectivity index (χ1v) is 6.72. The molecule has 0 N–H and O–H groups in total. The minimum atomic E-state index is -0.0768. The molecule has 100 valence electrons. The van der Waals surface area contributed by atoms with Crippen LogP contribution >= 0.6 is 11.6 Å². The molecule has 1 fully saturated rings. The zero-order valence-electron chi connectivity index (χ0n) is 10.8. The summed E-state index contributed by atoms with van der Waals surface area (Å²) in [4.78, 5) is 25.0. The van der Waals surface area contributed by atoms with Gasteiger partial charge in [-0.1, -0.05) is 11.6 Å². The van der Waals surface area contributed by atoms with E-state index in [1.807, 2.05) is 17.1 Å². The highest BCUT2D eigenvalue weighted by Gasteiger charge is 2.28. The van der Waals surface area contributed by atoms with E-state index in [0.29, 0.717) is 12.3 Å². The number of allylic oxidation sites excluding steroid dienone is 4. The molecule has 0 spiro atoms. The second kappa shape index (κ2) is 4.90. The number of carbonyl (C=O) groups excluding carboxylic acids is 1. The van der Waals surface area contributed by atoms with E-state index in [1.54, 1.807) is 0 Å². The Morgan fingerprint density at radius 1 is 1.21 bits per heavy atom. The van der Waals surface area contributed by atoms with Gasteiger partial charge in [0.1, 0.15) is 0 Å². The van der Waals surface area contributed by atoms with Gasteiger partial charge in [-0.25, -0.2) is 9.98 Å². The van der Waals surface area contributed by atoms with E-state index in [9.17, 15) is 4.79 Å². The molecular weight excluding hydrogens is 264 g/mol. The van der Waals surface area contributed by atoms with Crippen LogP contribution in [0, 0.1) is 0 Å². The SMILES string of the molecule is CN1CCN(C(=O)C2=NC3=CC=C(Cl)CC3=N2)CC1. The number of likely N-dealkylation sites (N-methyl/N-ethyl adjacent to an activating group) is 1. The molecule has 0 aromatic carbocycles. The first-order valence-electron chi connectivity index (χ1n) is 6.34. The Bertz CT molecular complexity index is 539. The number of piperazine rings is 1. The summed E-state index contributed by atoms with van der Waals surface area (Å²) < 4.78 is 0. The maximum Gasteiger partial charge on any atom is 0.291 e. The van der Waals surface area contributed by atoms with Gasteiger partial charge in [0, 0.05) is 37.6 Å². The lowest BCUT2D eigenvalue weighted by atomic mass is 10.1. The van der Waals surface area contributed by atoms with E-state index >= 15 is 0 Å². The van der Waals surface area contributed by atoms with Gasteiger partial charge in [0.25, 0.3) is 5.91 Å². The molecule has 0 aromatic heterocycles. The van der Waals surface area contributed by atoms with Gasteiger partial charge in [-0.3, -0.25) is 4.79 Å². The summed E-state index contributed by atoms with van der Waals surface area (Å²) in [5.41, 5.74) is 1.56. The lowest BCUT2D eigenvalue weighted by Crippen LogP contribution is -2.48. The van der Waals surface area contributed by atoms with Gasteiger partial charge in [-0.15, -0.1) is 0 Å². The number of amides is 1. The summed E-state index contributed by atoms with van der Waals surface area (Å²) in [6, 6.07) is 0. The molecule has 0 atom stereocenters. The molecular formula is C13H15ClN4O. The molecule has 19 heavy (non-hydrogen) atoms. The first-order chi connectivity index (χ1) is 9.13. The van der Waals surface area contributed by atoms with Gasteiger partial charge in [0.2, 0.25) is 5.84 Å². The van der Waals surface area contributed by atoms with E-state index in [2.05, 4.69) is 21.9 Å². The van der Waals surface area contributed by atoms with Gasteiger partial charge in [-0.2, -0.15) is 0 Å². The van der Waals surface area contributed by atoms with E-state index in [0.717, 1.165) is 42.6 Å². The minimum Gasteiger partial charge on any atom is -0.333 e. The van der Waals surface area contributed by atoms with Crippen molar-refractivity contribution in [1.82, 2.24) is 9.80 Å². The number of hydrogen-bond acceptors (Lipinski definition) is 4. The number of hydrogen-bond donors (Lipinski definition) is 0. The summed E-state index contributed by atoms with van der Waals surface area (Å²) in [6.45, 7) is 3.26. The molecule has 0 aromatic rings. The van der Waals surface area contributed by atoms with Crippen LogP contribution in [0.5, 0.6) is 0 Å². The molecule has 0 saturated carbocycles. The average Bonchev–Trinajstić information content (AvgIpc) is 2.81. The summed E-state index contributed by atoms with van der Waals surface area (Å²) >= 11 is 5.96. The van der Waals surface area contributed by atoms with Crippen molar-refractivity contribution in [3.8, 4) is 0 Å². The highest BCUT2D eigenvalue weighted by molar-refractivity contribution is 6.43. The van der Waals surface area contributed by atoms with Crippen molar-refractivity contribution >= 4 is 29.1 Å². The van der Waals surface area contributed by atoms with Crippen molar-refractivity contribution in [2.75, 3.05) is 33.2 Å². The number of halogens is 1. The maximum absolute atomic E-state index is 12.3. The molecule has 5 nitrogen and oxygen atoms in total. The van der Waals surface area contributed by atoms with Crippen LogP contribution in [0.25, 0.3) is 0 Å². The normalized spacial score (nSPS) is 23.4. The highest BCUT2D eigenvalue weighted by Crippen LogP contribution is 2.24. The molecule has 1 aliphatic carbocycles. The monoisotopic (exact) mass is 278 g/mol. The Hall–Kier alpha value is -1.46. The van der Waals surface area contributed by atoms with Crippen LogP contribution in [0.3, 0.4) is 0 Å². The second-order valence-corrected chi connectivity index (χ2v) is 5.42. The van der Waals surface area contributed by atoms with Crippen LogP contribution < -0.4 is 0 Å². The lowest BCUT2D eigenvalue weighted by molar-refractivity contribution is -0.125. The van der Waals surface area contributed by atoms with Gasteiger partial charge in [0.15, 0.2) is 0 Å². The van der Waals surface area contributed by atoms with E-state index in [1.165, 1.54) is 0 Å². The van der Waals surface area contributed by atoms with Gasteiger partial charge in [-0.05, 0) is 19.2 Å². The summed E-state index contributed by atoms with van der Waals surface area (Å²) in [5.74, 6) is 0.220.